The third-order valence-electron chi connectivity index (χ3n) is 5.23. The highest BCUT2D eigenvalue weighted by molar-refractivity contribution is 7.18. The Morgan fingerprint density at radius 2 is 1.75 bits per heavy atom. The van der Waals surface area contributed by atoms with Crippen LogP contribution in [0.3, 0.4) is 0 Å². The molecule has 3 aromatic carbocycles. The number of rotatable bonds is 3. The van der Waals surface area contributed by atoms with E-state index in [-0.39, 0.29) is 18.5 Å². The minimum atomic E-state index is -1.10. The maximum Gasteiger partial charge on any atom is 0.325 e. The number of urea groups is 1. The second-order valence-corrected chi connectivity index (χ2v) is 8.16. The minimum absolute atomic E-state index is 0.171. The molecule has 1 N–H and O–H groups in total. The summed E-state index contributed by atoms with van der Waals surface area (Å²) in [5.41, 5.74) is 0.580. The number of imide groups is 1. The Labute approximate surface area is 165 Å². The van der Waals surface area contributed by atoms with Gasteiger partial charge in [0.05, 0.1) is 16.8 Å². The van der Waals surface area contributed by atoms with E-state index >= 15 is 0 Å². The summed E-state index contributed by atoms with van der Waals surface area (Å²) in [6.07, 6.45) is 0. The van der Waals surface area contributed by atoms with Gasteiger partial charge in [-0.3, -0.25) is 9.69 Å². The molecule has 0 saturated carbocycles. The molecule has 0 aliphatic carbocycles. The Morgan fingerprint density at radius 3 is 2.61 bits per heavy atom. The molecule has 0 radical (unpaired) electrons. The normalized spacial score (nSPS) is 19.5. The van der Waals surface area contributed by atoms with Crippen LogP contribution in [0.15, 0.2) is 66.7 Å². The summed E-state index contributed by atoms with van der Waals surface area (Å²) in [7, 11) is 0. The van der Waals surface area contributed by atoms with Crippen LogP contribution in [0.5, 0.6) is 0 Å². The molecular weight excluding hydrogens is 370 g/mol. The lowest BCUT2D eigenvalue weighted by Gasteiger charge is -2.24. The van der Waals surface area contributed by atoms with E-state index in [4.69, 9.17) is 0 Å². The number of hydrogen-bond acceptors (Lipinski definition) is 4. The molecule has 6 heteroatoms. The maximum atomic E-state index is 13.3. The lowest BCUT2D eigenvalue weighted by molar-refractivity contribution is -0.131. The first-order chi connectivity index (χ1) is 13.6. The number of carbonyl (C=O) groups excluding carboxylic acids is 2. The van der Waals surface area contributed by atoms with Gasteiger partial charge in [-0.2, -0.15) is 0 Å². The molecule has 5 nitrogen and oxygen atoms in total. The van der Waals surface area contributed by atoms with E-state index in [9.17, 15) is 9.59 Å². The number of thiazole rings is 1. The Balaban J connectivity index is 1.52. The predicted octanol–water partition coefficient (Wildman–Crippen LogP) is 4.42. The molecular formula is C22H17N3O2S. The number of benzene rings is 3. The van der Waals surface area contributed by atoms with Gasteiger partial charge < -0.3 is 5.32 Å². The molecule has 28 heavy (non-hydrogen) atoms. The van der Waals surface area contributed by atoms with Crippen LogP contribution in [-0.2, 0) is 16.9 Å². The molecule has 0 bridgehead atoms. The summed E-state index contributed by atoms with van der Waals surface area (Å²) >= 11 is 1.50. The fourth-order valence-electron chi connectivity index (χ4n) is 3.81. The molecule has 1 aromatic heterocycles. The van der Waals surface area contributed by atoms with Gasteiger partial charge in [0, 0.05) is 0 Å². The number of fused-ring (bicyclic) bond motifs is 2. The van der Waals surface area contributed by atoms with Crippen LogP contribution in [-0.4, -0.2) is 21.8 Å². The maximum absolute atomic E-state index is 13.3. The Kier molecular flexibility index (Phi) is 3.70. The molecule has 0 unspecified atom stereocenters. The number of aromatic nitrogens is 1. The second-order valence-electron chi connectivity index (χ2n) is 7.05. The molecule has 3 amide bonds. The molecule has 138 valence electrons. The number of hydrogen-bond donors (Lipinski definition) is 1. The summed E-state index contributed by atoms with van der Waals surface area (Å²) in [6.45, 7) is 1.94. The summed E-state index contributed by atoms with van der Waals surface area (Å²) in [5.74, 6) is -0.256. The van der Waals surface area contributed by atoms with Gasteiger partial charge in [0.15, 0.2) is 0 Å². The van der Waals surface area contributed by atoms with E-state index in [0.29, 0.717) is 0 Å². The highest BCUT2D eigenvalue weighted by Crippen LogP contribution is 2.35. The van der Waals surface area contributed by atoms with Crippen molar-refractivity contribution < 1.29 is 9.59 Å². The van der Waals surface area contributed by atoms with Gasteiger partial charge in [-0.1, -0.05) is 54.6 Å². The molecule has 1 fully saturated rings. The van der Waals surface area contributed by atoms with Gasteiger partial charge in [-0.25, -0.2) is 9.78 Å². The highest BCUT2D eigenvalue weighted by atomic mass is 32.1. The molecule has 1 saturated heterocycles. The number of nitrogens with zero attached hydrogens (tertiary/aromatic N) is 2. The average molecular weight is 387 g/mol. The van der Waals surface area contributed by atoms with Crippen molar-refractivity contribution in [1.82, 2.24) is 15.2 Å². The number of carbonyl (C=O) groups is 2. The molecule has 5 rings (SSSR count). The molecule has 1 aliphatic rings. The summed E-state index contributed by atoms with van der Waals surface area (Å²) in [6, 6.07) is 21.1. The van der Waals surface area contributed by atoms with E-state index in [0.717, 1.165) is 31.6 Å². The predicted molar refractivity (Wildman–Crippen MR) is 110 cm³/mol. The third kappa shape index (κ3) is 2.49. The van der Waals surface area contributed by atoms with Crippen LogP contribution >= 0.6 is 11.3 Å². The van der Waals surface area contributed by atoms with E-state index < -0.39 is 5.54 Å². The van der Waals surface area contributed by atoms with Gasteiger partial charge >= 0.3 is 6.03 Å². The monoisotopic (exact) mass is 387 g/mol. The first-order valence-electron chi connectivity index (χ1n) is 9.03. The number of amides is 3. The van der Waals surface area contributed by atoms with Crippen molar-refractivity contribution in [3.8, 4) is 0 Å². The zero-order chi connectivity index (χ0) is 19.3. The highest BCUT2D eigenvalue weighted by Gasteiger charge is 2.49. The molecule has 4 aromatic rings. The van der Waals surface area contributed by atoms with Gasteiger partial charge in [-0.05, 0) is 35.4 Å². The quantitative estimate of drug-likeness (QED) is 0.530. The van der Waals surface area contributed by atoms with E-state index in [1.54, 1.807) is 6.92 Å². The zero-order valence-electron chi connectivity index (χ0n) is 15.2. The van der Waals surface area contributed by atoms with Crippen molar-refractivity contribution in [3.05, 3.63) is 77.3 Å². The largest absolute Gasteiger partial charge is 0.325 e. The number of nitrogens with one attached hydrogen (secondary N) is 1. The van der Waals surface area contributed by atoms with Crippen molar-refractivity contribution in [2.45, 2.75) is 19.0 Å². The standard InChI is InChI=1S/C22H17N3O2S/c1-22(16-10-6-8-14-7-2-3-9-15(14)16)20(26)25(21(27)24-22)13-19-23-17-11-4-5-12-18(17)28-19/h2-12H,13H2,1H3,(H,24,27)/t22-/m1/s1. The first-order valence-corrected chi connectivity index (χ1v) is 9.85. The fraction of sp³-hybridized carbons (Fsp3) is 0.136. The summed E-state index contributed by atoms with van der Waals surface area (Å²) < 4.78 is 1.04. The van der Waals surface area contributed by atoms with Crippen molar-refractivity contribution in [2.75, 3.05) is 0 Å². The van der Waals surface area contributed by atoms with Gasteiger partial charge in [0.25, 0.3) is 5.91 Å². The van der Waals surface area contributed by atoms with E-state index in [1.807, 2.05) is 66.7 Å². The molecule has 0 spiro atoms. The van der Waals surface area contributed by atoms with Gasteiger partial charge in [-0.15, -0.1) is 11.3 Å². The summed E-state index contributed by atoms with van der Waals surface area (Å²) in [4.78, 5) is 31.8. The SMILES string of the molecule is C[C@]1(c2cccc3ccccc23)NC(=O)N(Cc2nc3ccccc3s2)C1=O. The minimum Gasteiger partial charge on any atom is -0.319 e. The average Bonchev–Trinajstić information content (AvgIpc) is 3.22. The van der Waals surface area contributed by atoms with Crippen LogP contribution in [0.2, 0.25) is 0 Å². The third-order valence-corrected chi connectivity index (χ3v) is 6.26. The van der Waals surface area contributed by atoms with E-state index in [1.165, 1.54) is 16.2 Å². The Morgan fingerprint density at radius 1 is 1.00 bits per heavy atom. The molecule has 1 atom stereocenters. The summed E-state index contributed by atoms with van der Waals surface area (Å²) in [5, 5.41) is 5.65. The van der Waals surface area contributed by atoms with Crippen LogP contribution < -0.4 is 5.32 Å². The topological polar surface area (TPSA) is 62.3 Å². The molecule has 2 heterocycles. The Bertz CT molecular complexity index is 1210. The smallest absolute Gasteiger partial charge is 0.319 e. The van der Waals surface area contributed by atoms with E-state index in [2.05, 4.69) is 10.3 Å². The van der Waals surface area contributed by atoms with Crippen LogP contribution in [0.25, 0.3) is 21.0 Å². The van der Waals surface area contributed by atoms with Gasteiger partial charge in [0.2, 0.25) is 0 Å². The van der Waals surface area contributed by atoms with Crippen molar-refractivity contribution >= 4 is 44.3 Å². The fourth-order valence-corrected chi connectivity index (χ4v) is 4.76. The van der Waals surface area contributed by atoms with Crippen LogP contribution in [0, 0.1) is 0 Å². The van der Waals surface area contributed by atoms with Crippen molar-refractivity contribution in [1.29, 1.82) is 0 Å². The lowest BCUT2D eigenvalue weighted by Crippen LogP contribution is -2.41. The Hall–Kier alpha value is -3.25. The lowest BCUT2D eigenvalue weighted by atomic mass is 9.88. The van der Waals surface area contributed by atoms with Crippen LogP contribution in [0.1, 0.15) is 17.5 Å². The first kappa shape index (κ1) is 16.9. The second kappa shape index (κ2) is 6.14. The molecule has 1 aliphatic heterocycles. The zero-order valence-corrected chi connectivity index (χ0v) is 16.0. The van der Waals surface area contributed by atoms with Crippen molar-refractivity contribution in [2.24, 2.45) is 0 Å². The van der Waals surface area contributed by atoms with Gasteiger partial charge in [0.1, 0.15) is 10.5 Å². The van der Waals surface area contributed by atoms with Crippen LogP contribution in [0.4, 0.5) is 4.79 Å². The van der Waals surface area contributed by atoms with Crippen molar-refractivity contribution in [3.63, 3.8) is 0 Å². The number of para-hydroxylation sites is 1.